The summed E-state index contributed by atoms with van der Waals surface area (Å²) in [7, 11) is 1.59. The van der Waals surface area contributed by atoms with Gasteiger partial charge in [-0.2, -0.15) is 0 Å². The number of fused-ring (bicyclic) bond motifs is 1. The van der Waals surface area contributed by atoms with E-state index in [0.717, 1.165) is 36.4 Å². The largest absolute Gasteiger partial charge is 0.481 e. The predicted molar refractivity (Wildman–Crippen MR) is 90.5 cm³/mol. The Kier molecular flexibility index (Phi) is 3.96. The van der Waals surface area contributed by atoms with Crippen LogP contribution in [0.4, 0.5) is 5.82 Å². The minimum Gasteiger partial charge on any atom is -0.481 e. The van der Waals surface area contributed by atoms with Gasteiger partial charge in [-0.05, 0) is 19.4 Å². The highest BCUT2D eigenvalue weighted by molar-refractivity contribution is 5.77. The lowest BCUT2D eigenvalue weighted by Crippen LogP contribution is -2.38. The van der Waals surface area contributed by atoms with Crippen molar-refractivity contribution in [1.82, 2.24) is 29.8 Å². The first kappa shape index (κ1) is 14.8. The summed E-state index contributed by atoms with van der Waals surface area (Å²) in [6.07, 6.45) is 9.19. The molecule has 0 saturated carbocycles. The fourth-order valence-electron chi connectivity index (χ4n) is 2.91. The van der Waals surface area contributed by atoms with Gasteiger partial charge in [0.1, 0.15) is 17.7 Å². The maximum absolute atomic E-state index is 5.20. The molecule has 0 unspecified atom stereocenters. The van der Waals surface area contributed by atoms with Gasteiger partial charge in [0.05, 0.1) is 31.2 Å². The van der Waals surface area contributed by atoms with Crippen molar-refractivity contribution in [2.24, 2.45) is 0 Å². The molecule has 0 aliphatic carbocycles. The number of hydrogen-bond donors (Lipinski definition) is 2. The predicted octanol–water partition coefficient (Wildman–Crippen LogP) is 1.38. The average molecular weight is 325 g/mol. The monoisotopic (exact) mass is 325 g/mol. The third kappa shape index (κ3) is 2.88. The normalized spacial score (nSPS) is 17.8. The molecular formula is C16H19N7O. The molecule has 2 N–H and O–H groups in total. The van der Waals surface area contributed by atoms with Gasteiger partial charge in [-0.15, -0.1) is 0 Å². The molecular weight excluding hydrogens is 306 g/mol. The van der Waals surface area contributed by atoms with Gasteiger partial charge in [-0.25, -0.2) is 15.0 Å². The summed E-state index contributed by atoms with van der Waals surface area (Å²) in [5.41, 5.74) is 1.67. The quantitative estimate of drug-likeness (QED) is 0.749. The number of nitrogens with one attached hydrogen (secondary N) is 2. The molecule has 124 valence electrons. The maximum atomic E-state index is 5.20. The Hall–Kier alpha value is -2.74. The molecule has 0 spiro atoms. The first-order chi connectivity index (χ1) is 11.8. The summed E-state index contributed by atoms with van der Waals surface area (Å²) >= 11 is 0. The van der Waals surface area contributed by atoms with Crippen LogP contribution in [-0.4, -0.2) is 50.7 Å². The summed E-state index contributed by atoms with van der Waals surface area (Å²) in [4.78, 5) is 17.5. The van der Waals surface area contributed by atoms with Crippen LogP contribution in [0, 0.1) is 0 Å². The molecule has 4 heterocycles. The Balaban J connectivity index is 1.65. The number of methoxy groups -OCH3 is 1. The zero-order chi connectivity index (χ0) is 16.4. The van der Waals surface area contributed by atoms with Crippen molar-refractivity contribution in [2.45, 2.75) is 18.9 Å². The lowest BCUT2D eigenvalue weighted by molar-refractivity contribution is 0.398. The van der Waals surface area contributed by atoms with Crippen molar-refractivity contribution in [3.05, 3.63) is 31.0 Å². The number of rotatable bonds is 4. The number of piperidine rings is 1. The molecule has 0 amide bonds. The van der Waals surface area contributed by atoms with Crippen molar-refractivity contribution < 1.29 is 4.74 Å². The molecule has 1 aliphatic heterocycles. The molecule has 3 aromatic rings. The highest BCUT2D eigenvalue weighted by Crippen LogP contribution is 2.20. The van der Waals surface area contributed by atoms with Crippen LogP contribution in [-0.2, 0) is 0 Å². The van der Waals surface area contributed by atoms with Crippen molar-refractivity contribution in [1.29, 1.82) is 0 Å². The third-order valence-corrected chi connectivity index (χ3v) is 4.14. The van der Waals surface area contributed by atoms with Gasteiger partial charge in [0.25, 0.3) is 0 Å². The number of imidazole rings is 1. The van der Waals surface area contributed by atoms with E-state index in [1.165, 1.54) is 6.42 Å². The van der Waals surface area contributed by atoms with Gasteiger partial charge in [-0.1, -0.05) is 0 Å². The highest BCUT2D eigenvalue weighted by Gasteiger charge is 2.14. The average Bonchev–Trinajstić information content (AvgIpc) is 3.06. The van der Waals surface area contributed by atoms with E-state index < -0.39 is 0 Å². The third-order valence-electron chi connectivity index (χ3n) is 4.14. The van der Waals surface area contributed by atoms with Gasteiger partial charge in [-0.3, -0.25) is 9.55 Å². The SMILES string of the molecule is COc1cc2c(cn1)ncn2-c1cncc(N[C@@H]2CCCNC2)n1. The first-order valence-electron chi connectivity index (χ1n) is 8.00. The standard InChI is InChI=1S/C16H19N7O/c1-24-16-5-13-12(7-19-16)20-10-23(13)15-9-18-8-14(22-15)21-11-3-2-4-17-6-11/h5,7-11,17H,2-4,6H2,1H3,(H,21,22)/t11-/m1/s1. The number of ether oxygens (including phenoxy) is 1. The van der Waals surface area contributed by atoms with E-state index in [9.17, 15) is 0 Å². The Morgan fingerprint density at radius 3 is 3.08 bits per heavy atom. The van der Waals surface area contributed by atoms with Crippen LogP contribution in [0.1, 0.15) is 12.8 Å². The van der Waals surface area contributed by atoms with Gasteiger partial charge in [0.15, 0.2) is 5.82 Å². The van der Waals surface area contributed by atoms with E-state index in [1.807, 2.05) is 10.6 Å². The van der Waals surface area contributed by atoms with E-state index in [0.29, 0.717) is 17.7 Å². The van der Waals surface area contributed by atoms with Crippen LogP contribution < -0.4 is 15.4 Å². The van der Waals surface area contributed by atoms with E-state index >= 15 is 0 Å². The highest BCUT2D eigenvalue weighted by atomic mass is 16.5. The van der Waals surface area contributed by atoms with Crippen LogP contribution in [0.5, 0.6) is 5.88 Å². The second kappa shape index (κ2) is 6.40. The van der Waals surface area contributed by atoms with Crippen molar-refractivity contribution in [3.8, 4) is 11.7 Å². The maximum Gasteiger partial charge on any atom is 0.215 e. The Bertz CT molecular complexity index is 841. The zero-order valence-electron chi connectivity index (χ0n) is 13.4. The van der Waals surface area contributed by atoms with E-state index in [-0.39, 0.29) is 0 Å². The second-order valence-corrected chi connectivity index (χ2v) is 5.78. The fraction of sp³-hybridized carbons (Fsp3) is 0.375. The number of nitrogens with zero attached hydrogens (tertiary/aromatic N) is 5. The molecule has 8 heteroatoms. The van der Waals surface area contributed by atoms with E-state index in [1.54, 1.807) is 32.0 Å². The summed E-state index contributed by atoms with van der Waals surface area (Å²) in [6, 6.07) is 2.22. The molecule has 0 radical (unpaired) electrons. The number of hydrogen-bond acceptors (Lipinski definition) is 7. The molecule has 24 heavy (non-hydrogen) atoms. The minimum atomic E-state index is 0.382. The van der Waals surface area contributed by atoms with E-state index in [2.05, 4.69) is 30.6 Å². The molecule has 1 aliphatic rings. The molecule has 8 nitrogen and oxygen atoms in total. The topological polar surface area (TPSA) is 89.8 Å². The summed E-state index contributed by atoms with van der Waals surface area (Å²) < 4.78 is 7.08. The minimum absolute atomic E-state index is 0.382. The van der Waals surface area contributed by atoms with Gasteiger partial charge < -0.3 is 15.4 Å². The van der Waals surface area contributed by atoms with Crippen molar-refractivity contribution in [2.75, 3.05) is 25.5 Å². The molecule has 0 aromatic carbocycles. The first-order valence-corrected chi connectivity index (χ1v) is 8.00. The number of anilines is 1. The van der Waals surface area contributed by atoms with Crippen LogP contribution >= 0.6 is 0 Å². The Labute approximate surface area is 139 Å². The fourth-order valence-corrected chi connectivity index (χ4v) is 2.91. The summed E-state index contributed by atoms with van der Waals surface area (Å²) in [6.45, 7) is 2.03. The van der Waals surface area contributed by atoms with E-state index in [4.69, 9.17) is 4.74 Å². The summed E-state index contributed by atoms with van der Waals surface area (Å²) in [5.74, 6) is 2.02. The molecule has 3 aromatic heterocycles. The van der Waals surface area contributed by atoms with Crippen LogP contribution in [0.3, 0.4) is 0 Å². The Morgan fingerprint density at radius 1 is 1.29 bits per heavy atom. The number of aromatic nitrogens is 5. The molecule has 1 atom stereocenters. The van der Waals surface area contributed by atoms with Crippen LogP contribution in [0.15, 0.2) is 31.0 Å². The second-order valence-electron chi connectivity index (χ2n) is 5.78. The van der Waals surface area contributed by atoms with Crippen molar-refractivity contribution in [3.63, 3.8) is 0 Å². The smallest absolute Gasteiger partial charge is 0.215 e. The van der Waals surface area contributed by atoms with Crippen LogP contribution in [0.2, 0.25) is 0 Å². The van der Waals surface area contributed by atoms with Gasteiger partial charge in [0, 0.05) is 18.7 Å². The lowest BCUT2D eigenvalue weighted by Gasteiger charge is -2.24. The van der Waals surface area contributed by atoms with Gasteiger partial charge >= 0.3 is 0 Å². The zero-order valence-corrected chi connectivity index (χ0v) is 13.4. The van der Waals surface area contributed by atoms with Gasteiger partial charge in [0.2, 0.25) is 5.88 Å². The lowest BCUT2D eigenvalue weighted by atomic mass is 10.1. The van der Waals surface area contributed by atoms with Crippen molar-refractivity contribution >= 4 is 16.9 Å². The Morgan fingerprint density at radius 2 is 2.25 bits per heavy atom. The molecule has 1 saturated heterocycles. The molecule has 4 rings (SSSR count). The van der Waals surface area contributed by atoms with Crippen LogP contribution in [0.25, 0.3) is 16.9 Å². The molecule has 0 bridgehead atoms. The number of pyridine rings is 1. The molecule has 1 fully saturated rings. The summed E-state index contributed by atoms with van der Waals surface area (Å²) in [5, 5.41) is 6.83.